The van der Waals surface area contributed by atoms with Crippen LogP contribution in [0.2, 0.25) is 0 Å². The summed E-state index contributed by atoms with van der Waals surface area (Å²) in [6, 6.07) is 9.20. The number of imidazole rings is 1. The number of halogens is 1. The zero-order valence-corrected chi connectivity index (χ0v) is 19.2. The van der Waals surface area contributed by atoms with Gasteiger partial charge in [-0.1, -0.05) is 0 Å². The molecule has 0 aliphatic heterocycles. The molecule has 34 heavy (non-hydrogen) atoms. The first-order valence-corrected chi connectivity index (χ1v) is 11.4. The van der Waals surface area contributed by atoms with Crippen LogP contribution in [0.1, 0.15) is 5.56 Å². The van der Waals surface area contributed by atoms with Crippen molar-refractivity contribution in [1.82, 2.24) is 40.0 Å². The molecular formula is C24H19FN8S. The lowest BCUT2D eigenvalue weighted by Gasteiger charge is -2.10. The summed E-state index contributed by atoms with van der Waals surface area (Å²) >= 11 is 1.08. The summed E-state index contributed by atoms with van der Waals surface area (Å²) in [7, 11) is 4.06. The second-order valence-electron chi connectivity index (χ2n) is 8.26. The van der Waals surface area contributed by atoms with Crippen molar-refractivity contribution < 1.29 is 4.39 Å². The number of H-pyrrole nitrogens is 2. The zero-order valence-electron chi connectivity index (χ0n) is 18.4. The maximum absolute atomic E-state index is 13.6. The highest BCUT2D eigenvalue weighted by Crippen LogP contribution is 2.34. The van der Waals surface area contributed by atoms with E-state index in [4.69, 9.17) is 4.98 Å². The summed E-state index contributed by atoms with van der Waals surface area (Å²) in [6.07, 6.45) is 7.20. The molecule has 0 saturated carbocycles. The van der Waals surface area contributed by atoms with E-state index in [1.54, 1.807) is 12.3 Å². The number of nitrogens with zero attached hydrogens (tertiary/aromatic N) is 6. The van der Waals surface area contributed by atoms with E-state index in [1.807, 2.05) is 44.8 Å². The van der Waals surface area contributed by atoms with E-state index in [2.05, 4.69) is 41.1 Å². The number of aromatic amines is 2. The highest BCUT2D eigenvalue weighted by atomic mass is 32.1. The standard InChI is InChI=1S/C24H19FN8S/c1-33(2)12-13-7-14(10-26-9-13)15-8-17-21(31-32-22(17)28-11-15)24-29-20-16(5-6-27-23(20)30-24)18-3-4-19(25)34-18/h3-11H,12H2,1-2H3,(H,27,29,30)(H,28,31,32). The van der Waals surface area contributed by atoms with Crippen LogP contribution in [-0.4, -0.2) is 54.1 Å². The molecule has 2 N–H and O–H groups in total. The number of nitrogens with one attached hydrogen (secondary N) is 2. The van der Waals surface area contributed by atoms with Crippen molar-refractivity contribution in [2.45, 2.75) is 6.54 Å². The third kappa shape index (κ3) is 3.62. The van der Waals surface area contributed by atoms with E-state index >= 15 is 0 Å². The number of aromatic nitrogens is 7. The molecule has 8 nitrogen and oxygen atoms in total. The predicted octanol–water partition coefficient (Wildman–Crippen LogP) is 4.89. The van der Waals surface area contributed by atoms with Crippen molar-refractivity contribution in [2.75, 3.05) is 14.1 Å². The molecule has 0 unspecified atom stereocenters. The molecule has 6 rings (SSSR count). The Labute approximate surface area is 197 Å². The van der Waals surface area contributed by atoms with Crippen LogP contribution in [-0.2, 0) is 6.54 Å². The summed E-state index contributed by atoms with van der Waals surface area (Å²) in [5, 5.41) is 8.05. The highest BCUT2D eigenvalue weighted by Gasteiger charge is 2.18. The maximum Gasteiger partial charge on any atom is 0.176 e. The minimum atomic E-state index is -0.239. The highest BCUT2D eigenvalue weighted by molar-refractivity contribution is 7.14. The first-order valence-electron chi connectivity index (χ1n) is 10.6. The molecule has 0 aliphatic rings. The molecule has 6 aromatic rings. The Bertz CT molecular complexity index is 1650. The van der Waals surface area contributed by atoms with Crippen LogP contribution >= 0.6 is 11.3 Å². The van der Waals surface area contributed by atoms with Gasteiger partial charge >= 0.3 is 0 Å². The minimum absolute atomic E-state index is 0.239. The second kappa shape index (κ2) is 8.08. The lowest BCUT2D eigenvalue weighted by molar-refractivity contribution is 0.402. The second-order valence-corrected chi connectivity index (χ2v) is 9.29. The van der Waals surface area contributed by atoms with Crippen LogP contribution in [0.5, 0.6) is 0 Å². The van der Waals surface area contributed by atoms with Gasteiger partial charge in [0, 0.05) is 52.9 Å². The Morgan fingerprint density at radius 2 is 1.88 bits per heavy atom. The van der Waals surface area contributed by atoms with Gasteiger partial charge in [-0.05, 0) is 50.0 Å². The number of thiophene rings is 1. The molecule has 6 aromatic heterocycles. The zero-order chi connectivity index (χ0) is 23.2. The molecule has 0 saturated heterocycles. The Balaban J connectivity index is 1.45. The van der Waals surface area contributed by atoms with Crippen LogP contribution in [0, 0.1) is 5.13 Å². The maximum atomic E-state index is 13.6. The molecule has 0 aliphatic carbocycles. The van der Waals surface area contributed by atoms with Gasteiger partial charge in [0.05, 0.1) is 5.39 Å². The summed E-state index contributed by atoms with van der Waals surface area (Å²) in [4.78, 5) is 24.3. The third-order valence-corrected chi connectivity index (χ3v) is 6.40. The topological polar surface area (TPSA) is 99.3 Å². The molecule has 10 heteroatoms. The fourth-order valence-corrected chi connectivity index (χ4v) is 4.78. The Morgan fingerprint density at radius 1 is 1.00 bits per heavy atom. The van der Waals surface area contributed by atoms with Gasteiger partial charge in [-0.2, -0.15) is 9.49 Å². The first-order chi connectivity index (χ1) is 16.5. The van der Waals surface area contributed by atoms with E-state index in [1.165, 1.54) is 6.07 Å². The van der Waals surface area contributed by atoms with E-state index in [-0.39, 0.29) is 5.13 Å². The van der Waals surface area contributed by atoms with Crippen molar-refractivity contribution >= 4 is 33.5 Å². The van der Waals surface area contributed by atoms with E-state index < -0.39 is 0 Å². The number of hydrogen-bond donors (Lipinski definition) is 2. The lowest BCUT2D eigenvalue weighted by Crippen LogP contribution is -2.10. The van der Waals surface area contributed by atoms with Gasteiger partial charge in [0.2, 0.25) is 0 Å². The molecular weight excluding hydrogens is 451 g/mol. The third-order valence-electron chi connectivity index (χ3n) is 5.49. The molecule has 0 radical (unpaired) electrons. The lowest BCUT2D eigenvalue weighted by atomic mass is 10.1. The Hall–Kier alpha value is -4.02. The van der Waals surface area contributed by atoms with Gasteiger partial charge in [0.1, 0.15) is 11.2 Å². The number of rotatable bonds is 5. The van der Waals surface area contributed by atoms with Gasteiger partial charge in [0.15, 0.2) is 22.2 Å². The fraction of sp³-hybridized carbons (Fsp3) is 0.125. The molecule has 168 valence electrons. The largest absolute Gasteiger partial charge is 0.321 e. The monoisotopic (exact) mass is 470 g/mol. The van der Waals surface area contributed by atoms with Crippen LogP contribution in [0.15, 0.2) is 55.1 Å². The molecule has 0 atom stereocenters. The molecule has 0 bridgehead atoms. The van der Waals surface area contributed by atoms with Crippen LogP contribution in [0.25, 0.3) is 55.3 Å². The van der Waals surface area contributed by atoms with Gasteiger partial charge in [-0.25, -0.2) is 15.0 Å². The van der Waals surface area contributed by atoms with E-state index in [0.717, 1.165) is 50.4 Å². The van der Waals surface area contributed by atoms with Crippen LogP contribution < -0.4 is 0 Å². The van der Waals surface area contributed by atoms with Crippen LogP contribution in [0.3, 0.4) is 0 Å². The average molecular weight is 471 g/mol. The van der Waals surface area contributed by atoms with Gasteiger partial charge in [-0.15, -0.1) is 11.3 Å². The summed E-state index contributed by atoms with van der Waals surface area (Å²) in [5.74, 6) is 0.566. The van der Waals surface area contributed by atoms with Crippen molar-refractivity contribution in [3.8, 4) is 33.1 Å². The summed E-state index contributed by atoms with van der Waals surface area (Å²) < 4.78 is 13.6. The summed E-state index contributed by atoms with van der Waals surface area (Å²) in [5.41, 5.74) is 6.44. The Kier molecular flexibility index (Phi) is 4.89. The smallest absolute Gasteiger partial charge is 0.176 e. The van der Waals surface area contributed by atoms with Crippen molar-refractivity contribution in [3.05, 3.63) is 65.8 Å². The molecule has 0 aromatic carbocycles. The molecule has 0 fully saturated rings. The first kappa shape index (κ1) is 20.6. The fourth-order valence-electron chi connectivity index (χ4n) is 4.02. The van der Waals surface area contributed by atoms with Gasteiger partial charge in [0.25, 0.3) is 0 Å². The van der Waals surface area contributed by atoms with Crippen LogP contribution in [0.4, 0.5) is 4.39 Å². The van der Waals surface area contributed by atoms with Crippen molar-refractivity contribution in [1.29, 1.82) is 0 Å². The number of pyridine rings is 3. The number of fused-ring (bicyclic) bond motifs is 2. The SMILES string of the molecule is CN(C)Cc1cncc(-c2cnc3[nH]nc(-c4nc5c(-c6ccc(F)s6)ccnc5[nH]4)c3c2)c1. The quantitative estimate of drug-likeness (QED) is 0.372. The van der Waals surface area contributed by atoms with Gasteiger partial charge < -0.3 is 9.88 Å². The van der Waals surface area contributed by atoms with E-state index in [0.29, 0.717) is 28.3 Å². The van der Waals surface area contributed by atoms with Gasteiger partial charge in [-0.3, -0.25) is 10.1 Å². The molecule has 0 spiro atoms. The average Bonchev–Trinajstić information content (AvgIpc) is 3.55. The number of hydrogen-bond acceptors (Lipinski definition) is 7. The van der Waals surface area contributed by atoms with Crippen molar-refractivity contribution in [3.63, 3.8) is 0 Å². The minimum Gasteiger partial charge on any atom is -0.321 e. The van der Waals surface area contributed by atoms with Crippen molar-refractivity contribution in [2.24, 2.45) is 0 Å². The summed E-state index contributed by atoms with van der Waals surface area (Å²) in [6.45, 7) is 0.802. The predicted molar refractivity (Wildman–Crippen MR) is 131 cm³/mol. The Morgan fingerprint density at radius 3 is 2.71 bits per heavy atom. The van der Waals surface area contributed by atoms with E-state index in [9.17, 15) is 4.39 Å². The molecule has 0 amide bonds. The normalized spacial score (nSPS) is 11.8. The molecule has 6 heterocycles.